The van der Waals surface area contributed by atoms with Crippen LogP contribution in [0, 0.1) is 6.92 Å². The van der Waals surface area contributed by atoms with Gasteiger partial charge in [0.25, 0.3) is 5.91 Å². The molecule has 1 amide bonds. The van der Waals surface area contributed by atoms with Gasteiger partial charge in [-0.15, -0.1) is 0 Å². The van der Waals surface area contributed by atoms with Crippen molar-refractivity contribution in [3.8, 4) is 0 Å². The fraction of sp³-hybridized carbons (Fsp3) is 0.111. The molecule has 0 saturated heterocycles. The third kappa shape index (κ3) is 2.91. The van der Waals surface area contributed by atoms with Crippen molar-refractivity contribution in [2.75, 3.05) is 11.9 Å². The summed E-state index contributed by atoms with van der Waals surface area (Å²) in [5.41, 5.74) is 3.11. The van der Waals surface area contributed by atoms with Gasteiger partial charge < -0.3 is 14.5 Å². The zero-order chi connectivity index (χ0) is 18.1. The molecule has 1 N–H and O–H groups in total. The van der Waals surface area contributed by atoms with Gasteiger partial charge in [0.05, 0.1) is 17.4 Å². The summed E-state index contributed by atoms with van der Waals surface area (Å²) in [6, 6.07) is 12.6. The second-order valence-electron chi connectivity index (χ2n) is 5.61. The number of carbonyl (C=O) groups is 2. The van der Waals surface area contributed by atoms with Crippen LogP contribution in [0.1, 0.15) is 16.1 Å². The molecule has 2 aromatic carbocycles. The topological polar surface area (TPSA) is 94.3 Å². The molecule has 0 atom stereocenters. The highest BCUT2D eigenvalue weighted by Gasteiger charge is 2.20. The summed E-state index contributed by atoms with van der Waals surface area (Å²) in [4.78, 5) is 24.4. The fourth-order valence-electron chi connectivity index (χ4n) is 2.66. The third-order valence-corrected chi connectivity index (χ3v) is 4.47. The van der Waals surface area contributed by atoms with Crippen LogP contribution in [0.3, 0.4) is 0 Å². The summed E-state index contributed by atoms with van der Waals surface area (Å²) in [6.45, 7) is 1.35. The fourth-order valence-corrected chi connectivity index (χ4v) is 3.21. The standard InChI is InChI=1S/C18H13N3O4S/c1-10-11-5-2-3-8-14(11)25-17(10)18(23)24-9-15(22)19-12-6-4-7-13-16(12)21-26-20-13/h2-8H,9H2,1H3,(H,19,22). The third-order valence-electron chi connectivity index (χ3n) is 3.92. The highest BCUT2D eigenvalue weighted by atomic mass is 32.1. The number of nitrogens with one attached hydrogen (secondary N) is 1. The van der Waals surface area contributed by atoms with E-state index in [1.54, 1.807) is 31.2 Å². The molecule has 0 unspecified atom stereocenters. The first-order valence-electron chi connectivity index (χ1n) is 7.80. The summed E-state index contributed by atoms with van der Waals surface area (Å²) in [5, 5.41) is 3.52. The Balaban J connectivity index is 1.44. The van der Waals surface area contributed by atoms with Gasteiger partial charge in [0.2, 0.25) is 5.76 Å². The number of benzene rings is 2. The van der Waals surface area contributed by atoms with Gasteiger partial charge in [0.15, 0.2) is 6.61 Å². The van der Waals surface area contributed by atoms with E-state index in [0.717, 1.165) is 17.1 Å². The highest BCUT2D eigenvalue weighted by Crippen LogP contribution is 2.25. The van der Waals surface area contributed by atoms with Crippen LogP contribution in [0.15, 0.2) is 46.9 Å². The number of para-hydroxylation sites is 1. The van der Waals surface area contributed by atoms with Gasteiger partial charge in [-0.25, -0.2) is 4.79 Å². The lowest BCUT2D eigenvalue weighted by Crippen LogP contribution is -2.21. The van der Waals surface area contributed by atoms with E-state index < -0.39 is 18.5 Å². The number of amides is 1. The SMILES string of the molecule is Cc1c(C(=O)OCC(=O)Nc2cccc3nsnc23)oc2ccccc12. The molecule has 2 aromatic heterocycles. The van der Waals surface area contributed by atoms with Crippen LogP contribution < -0.4 is 5.32 Å². The summed E-state index contributed by atoms with van der Waals surface area (Å²) in [6.07, 6.45) is 0. The molecule has 0 spiro atoms. The number of anilines is 1. The van der Waals surface area contributed by atoms with Gasteiger partial charge in [0.1, 0.15) is 16.6 Å². The number of esters is 1. The smallest absolute Gasteiger partial charge is 0.375 e. The Morgan fingerprint density at radius 1 is 1.15 bits per heavy atom. The predicted octanol–water partition coefficient (Wildman–Crippen LogP) is 3.54. The number of aryl methyl sites for hydroxylation is 1. The first-order chi connectivity index (χ1) is 12.6. The molecular weight excluding hydrogens is 354 g/mol. The Morgan fingerprint density at radius 2 is 2.00 bits per heavy atom. The van der Waals surface area contributed by atoms with Gasteiger partial charge in [0, 0.05) is 10.9 Å². The molecule has 0 saturated carbocycles. The number of aromatic nitrogens is 2. The average molecular weight is 367 g/mol. The highest BCUT2D eigenvalue weighted by molar-refractivity contribution is 7.00. The first kappa shape index (κ1) is 16.2. The van der Waals surface area contributed by atoms with Crippen LogP contribution in [0.25, 0.3) is 22.0 Å². The largest absolute Gasteiger partial charge is 0.450 e. The van der Waals surface area contributed by atoms with Crippen LogP contribution in [-0.4, -0.2) is 27.2 Å². The number of furan rings is 1. The van der Waals surface area contributed by atoms with Crippen LogP contribution in [0.5, 0.6) is 0 Å². The minimum absolute atomic E-state index is 0.102. The van der Waals surface area contributed by atoms with Gasteiger partial charge >= 0.3 is 5.97 Å². The molecule has 0 radical (unpaired) electrons. The van der Waals surface area contributed by atoms with Crippen molar-refractivity contribution in [2.24, 2.45) is 0 Å². The second kappa shape index (κ2) is 6.57. The Labute approximate surface area is 151 Å². The Morgan fingerprint density at radius 3 is 2.85 bits per heavy atom. The molecule has 2 heterocycles. The van der Waals surface area contributed by atoms with Gasteiger partial charge in [-0.05, 0) is 25.1 Å². The summed E-state index contributed by atoms with van der Waals surface area (Å²) >= 11 is 1.06. The number of nitrogens with zero attached hydrogens (tertiary/aromatic N) is 2. The molecule has 8 heteroatoms. The van der Waals surface area contributed by atoms with Crippen LogP contribution in [0.2, 0.25) is 0 Å². The number of ether oxygens (including phenoxy) is 1. The van der Waals surface area contributed by atoms with E-state index in [1.807, 2.05) is 18.2 Å². The summed E-state index contributed by atoms with van der Waals surface area (Å²) in [5.74, 6) is -1.04. The summed E-state index contributed by atoms with van der Waals surface area (Å²) in [7, 11) is 0. The van der Waals surface area contributed by atoms with Gasteiger partial charge in [-0.2, -0.15) is 8.75 Å². The lowest BCUT2D eigenvalue weighted by molar-refractivity contribution is -0.119. The van der Waals surface area contributed by atoms with Crippen molar-refractivity contribution in [1.82, 2.24) is 8.75 Å². The quantitative estimate of drug-likeness (QED) is 0.555. The van der Waals surface area contributed by atoms with E-state index >= 15 is 0 Å². The number of fused-ring (bicyclic) bond motifs is 2. The van der Waals surface area contributed by atoms with Crippen LogP contribution >= 0.6 is 11.7 Å². The molecule has 4 aromatic rings. The Hall–Kier alpha value is -3.26. The monoisotopic (exact) mass is 367 g/mol. The van der Waals surface area contributed by atoms with Gasteiger partial charge in [-0.1, -0.05) is 24.3 Å². The average Bonchev–Trinajstić information content (AvgIpc) is 3.25. The van der Waals surface area contributed by atoms with Crippen LogP contribution in [-0.2, 0) is 9.53 Å². The predicted molar refractivity (Wildman–Crippen MR) is 97.3 cm³/mol. The lowest BCUT2D eigenvalue weighted by Gasteiger charge is -2.06. The minimum Gasteiger partial charge on any atom is -0.450 e. The normalized spacial score (nSPS) is 11.0. The summed E-state index contributed by atoms with van der Waals surface area (Å²) < 4.78 is 18.9. The maximum absolute atomic E-state index is 12.2. The molecule has 4 rings (SSSR count). The minimum atomic E-state index is -0.678. The maximum atomic E-state index is 12.2. The van der Waals surface area contributed by atoms with Crippen molar-refractivity contribution >= 4 is 51.3 Å². The molecule has 0 aliphatic heterocycles. The van der Waals surface area contributed by atoms with E-state index in [0.29, 0.717) is 27.9 Å². The number of rotatable bonds is 4. The van der Waals surface area contributed by atoms with Crippen LogP contribution in [0.4, 0.5) is 5.69 Å². The van der Waals surface area contributed by atoms with Crippen molar-refractivity contribution < 1.29 is 18.7 Å². The molecule has 0 fully saturated rings. The molecule has 7 nitrogen and oxygen atoms in total. The number of hydrogen-bond donors (Lipinski definition) is 1. The van der Waals surface area contributed by atoms with Crippen molar-refractivity contribution in [3.63, 3.8) is 0 Å². The molecule has 0 aliphatic rings. The zero-order valence-corrected chi connectivity index (χ0v) is 14.5. The van der Waals surface area contributed by atoms with Crippen molar-refractivity contribution in [1.29, 1.82) is 0 Å². The van der Waals surface area contributed by atoms with Crippen molar-refractivity contribution in [3.05, 3.63) is 53.8 Å². The first-order valence-corrected chi connectivity index (χ1v) is 8.53. The number of hydrogen-bond acceptors (Lipinski definition) is 7. The Bertz CT molecular complexity index is 1130. The van der Waals surface area contributed by atoms with E-state index in [1.165, 1.54) is 0 Å². The molecule has 130 valence electrons. The Kier molecular flexibility index (Phi) is 4.10. The molecule has 0 aliphatic carbocycles. The van der Waals surface area contributed by atoms with E-state index in [4.69, 9.17) is 9.15 Å². The molecule has 26 heavy (non-hydrogen) atoms. The zero-order valence-electron chi connectivity index (χ0n) is 13.7. The number of carbonyl (C=O) groups excluding carboxylic acids is 2. The van der Waals surface area contributed by atoms with E-state index in [-0.39, 0.29) is 5.76 Å². The molecular formula is C18H13N3O4S. The molecule has 0 bridgehead atoms. The van der Waals surface area contributed by atoms with Crippen molar-refractivity contribution in [2.45, 2.75) is 6.92 Å². The maximum Gasteiger partial charge on any atom is 0.375 e. The van der Waals surface area contributed by atoms with E-state index in [9.17, 15) is 9.59 Å². The van der Waals surface area contributed by atoms with E-state index in [2.05, 4.69) is 14.1 Å². The second-order valence-corrected chi connectivity index (χ2v) is 6.14. The van der Waals surface area contributed by atoms with Gasteiger partial charge in [-0.3, -0.25) is 4.79 Å². The lowest BCUT2D eigenvalue weighted by atomic mass is 10.1.